The van der Waals surface area contributed by atoms with Crippen molar-refractivity contribution in [1.82, 2.24) is 0 Å². The summed E-state index contributed by atoms with van der Waals surface area (Å²) in [4.78, 5) is 11.0. The first-order chi connectivity index (χ1) is 5.20. The van der Waals surface area contributed by atoms with Gasteiger partial charge in [0.15, 0.2) is 5.78 Å². The third-order valence-corrected chi connectivity index (χ3v) is 2.06. The van der Waals surface area contributed by atoms with Crippen LogP contribution < -0.4 is 0 Å². The second kappa shape index (κ2) is 3.51. The smallest absolute Gasteiger partial charge is 0.155 e. The highest BCUT2D eigenvalue weighted by molar-refractivity contribution is 5.93. The van der Waals surface area contributed by atoms with E-state index in [0.717, 1.165) is 18.4 Å². The predicted molar refractivity (Wildman–Crippen MR) is 46.3 cm³/mol. The molecule has 0 saturated heterocycles. The summed E-state index contributed by atoms with van der Waals surface area (Å²) >= 11 is 0. The van der Waals surface area contributed by atoms with Crippen molar-refractivity contribution >= 4 is 5.78 Å². The van der Waals surface area contributed by atoms with E-state index in [1.807, 2.05) is 12.2 Å². The van der Waals surface area contributed by atoms with Crippen LogP contribution in [-0.2, 0) is 4.79 Å². The molecule has 1 aliphatic rings. The standard InChI is InChI=1S/C10H14O/c1-8-4-3-5-10(7-6-8)9(2)11/h3-5,8H,6-7H2,1-2H3. The predicted octanol–water partition coefficient (Wildman–Crippen LogP) is 2.49. The molecule has 0 radical (unpaired) electrons. The first kappa shape index (κ1) is 8.25. The Morgan fingerprint density at radius 3 is 3.00 bits per heavy atom. The quantitative estimate of drug-likeness (QED) is 0.561. The highest BCUT2D eigenvalue weighted by Gasteiger charge is 2.07. The fourth-order valence-corrected chi connectivity index (χ4v) is 1.22. The van der Waals surface area contributed by atoms with Crippen LogP contribution in [0.3, 0.4) is 0 Å². The molecule has 0 aromatic heterocycles. The average molecular weight is 150 g/mol. The summed E-state index contributed by atoms with van der Waals surface area (Å²) in [5, 5.41) is 0. The highest BCUT2D eigenvalue weighted by Crippen LogP contribution is 2.17. The molecule has 1 heteroatoms. The fourth-order valence-electron chi connectivity index (χ4n) is 1.22. The summed E-state index contributed by atoms with van der Waals surface area (Å²) in [5.74, 6) is 0.826. The van der Waals surface area contributed by atoms with E-state index in [0.29, 0.717) is 5.92 Å². The van der Waals surface area contributed by atoms with E-state index in [1.165, 1.54) is 0 Å². The maximum Gasteiger partial charge on any atom is 0.155 e. The summed E-state index contributed by atoms with van der Waals surface area (Å²) in [6.45, 7) is 3.81. The largest absolute Gasteiger partial charge is 0.295 e. The van der Waals surface area contributed by atoms with Gasteiger partial charge in [-0.1, -0.05) is 25.2 Å². The van der Waals surface area contributed by atoms with Gasteiger partial charge < -0.3 is 0 Å². The SMILES string of the molecule is CC(=O)C1=CC=CC(C)CC1. The van der Waals surface area contributed by atoms with E-state index in [4.69, 9.17) is 0 Å². The van der Waals surface area contributed by atoms with E-state index < -0.39 is 0 Å². The van der Waals surface area contributed by atoms with Crippen LogP contribution in [0.4, 0.5) is 0 Å². The van der Waals surface area contributed by atoms with E-state index in [1.54, 1.807) is 6.92 Å². The summed E-state index contributed by atoms with van der Waals surface area (Å²) < 4.78 is 0. The second-order valence-electron chi connectivity index (χ2n) is 3.15. The van der Waals surface area contributed by atoms with Crippen LogP contribution in [0.25, 0.3) is 0 Å². The minimum absolute atomic E-state index is 0.212. The monoisotopic (exact) mass is 150 g/mol. The van der Waals surface area contributed by atoms with E-state index in [-0.39, 0.29) is 5.78 Å². The molecule has 0 heterocycles. The van der Waals surface area contributed by atoms with Crippen molar-refractivity contribution in [3.05, 3.63) is 23.8 Å². The molecule has 0 aromatic rings. The topological polar surface area (TPSA) is 17.1 Å². The zero-order chi connectivity index (χ0) is 8.27. The molecule has 0 N–H and O–H groups in total. The molecule has 0 saturated carbocycles. The number of carbonyl (C=O) groups excluding carboxylic acids is 1. The van der Waals surface area contributed by atoms with Crippen LogP contribution >= 0.6 is 0 Å². The summed E-state index contributed by atoms with van der Waals surface area (Å²) in [6.07, 6.45) is 8.11. The number of Topliss-reactive ketones (excluding diaryl/α,β-unsaturated/α-hetero) is 1. The normalized spacial score (nSPS) is 24.2. The van der Waals surface area contributed by atoms with Gasteiger partial charge in [-0.25, -0.2) is 0 Å². The zero-order valence-corrected chi connectivity index (χ0v) is 7.13. The summed E-state index contributed by atoms with van der Waals surface area (Å²) in [7, 11) is 0. The van der Waals surface area contributed by atoms with Crippen LogP contribution in [0.1, 0.15) is 26.7 Å². The zero-order valence-electron chi connectivity index (χ0n) is 7.13. The molecule has 0 aliphatic heterocycles. The minimum Gasteiger partial charge on any atom is -0.295 e. The van der Waals surface area contributed by atoms with E-state index in [2.05, 4.69) is 13.0 Å². The second-order valence-corrected chi connectivity index (χ2v) is 3.15. The van der Waals surface area contributed by atoms with Crippen LogP contribution in [0.2, 0.25) is 0 Å². The molecule has 0 bridgehead atoms. The number of hydrogen-bond donors (Lipinski definition) is 0. The molecule has 0 amide bonds. The molecular formula is C10H14O. The van der Waals surface area contributed by atoms with Crippen molar-refractivity contribution in [2.45, 2.75) is 26.7 Å². The van der Waals surface area contributed by atoms with Gasteiger partial charge in [-0.2, -0.15) is 0 Å². The van der Waals surface area contributed by atoms with Crippen LogP contribution in [0, 0.1) is 5.92 Å². The Balaban J connectivity index is 2.66. The highest BCUT2D eigenvalue weighted by atomic mass is 16.1. The molecule has 0 aromatic carbocycles. The van der Waals surface area contributed by atoms with Gasteiger partial charge in [0.1, 0.15) is 0 Å². The van der Waals surface area contributed by atoms with Gasteiger partial charge in [0.2, 0.25) is 0 Å². The van der Waals surface area contributed by atoms with Gasteiger partial charge in [-0.3, -0.25) is 4.79 Å². The van der Waals surface area contributed by atoms with Gasteiger partial charge in [-0.15, -0.1) is 0 Å². The molecule has 1 unspecified atom stereocenters. The molecule has 60 valence electrons. The molecule has 1 aliphatic carbocycles. The van der Waals surface area contributed by atoms with Crippen molar-refractivity contribution < 1.29 is 4.79 Å². The lowest BCUT2D eigenvalue weighted by Gasteiger charge is -2.02. The number of allylic oxidation sites excluding steroid dienone is 4. The lowest BCUT2D eigenvalue weighted by molar-refractivity contribution is -0.113. The molecule has 0 fully saturated rings. The molecule has 1 rings (SSSR count). The van der Waals surface area contributed by atoms with Crippen molar-refractivity contribution in [2.75, 3.05) is 0 Å². The molecular weight excluding hydrogens is 136 g/mol. The number of hydrogen-bond acceptors (Lipinski definition) is 1. The van der Waals surface area contributed by atoms with Gasteiger partial charge in [0.25, 0.3) is 0 Å². The van der Waals surface area contributed by atoms with E-state index >= 15 is 0 Å². The van der Waals surface area contributed by atoms with Crippen LogP contribution in [0.15, 0.2) is 23.8 Å². The Labute approximate surface area is 67.8 Å². The number of carbonyl (C=O) groups is 1. The lowest BCUT2D eigenvalue weighted by atomic mass is 10.0. The van der Waals surface area contributed by atoms with Crippen molar-refractivity contribution in [3.63, 3.8) is 0 Å². The Morgan fingerprint density at radius 2 is 2.36 bits per heavy atom. The lowest BCUT2D eigenvalue weighted by Crippen LogP contribution is -1.97. The van der Waals surface area contributed by atoms with Crippen LogP contribution in [0.5, 0.6) is 0 Å². The van der Waals surface area contributed by atoms with Gasteiger partial charge in [0, 0.05) is 0 Å². The van der Waals surface area contributed by atoms with Crippen molar-refractivity contribution in [3.8, 4) is 0 Å². The van der Waals surface area contributed by atoms with E-state index in [9.17, 15) is 4.79 Å². The molecule has 0 spiro atoms. The Bertz CT molecular complexity index is 211. The van der Waals surface area contributed by atoms with Crippen LogP contribution in [-0.4, -0.2) is 5.78 Å². The fraction of sp³-hybridized carbons (Fsp3) is 0.500. The Hall–Kier alpha value is -0.850. The average Bonchev–Trinajstić information content (AvgIpc) is 2.13. The maximum atomic E-state index is 11.0. The van der Waals surface area contributed by atoms with Crippen molar-refractivity contribution in [2.24, 2.45) is 5.92 Å². The van der Waals surface area contributed by atoms with Gasteiger partial charge >= 0.3 is 0 Å². The first-order valence-corrected chi connectivity index (χ1v) is 4.08. The van der Waals surface area contributed by atoms with Gasteiger partial charge in [-0.05, 0) is 31.3 Å². The Kier molecular flexibility index (Phi) is 2.64. The Morgan fingerprint density at radius 1 is 1.64 bits per heavy atom. The third-order valence-electron chi connectivity index (χ3n) is 2.06. The van der Waals surface area contributed by atoms with Gasteiger partial charge in [0.05, 0.1) is 0 Å². The summed E-state index contributed by atoms with van der Waals surface area (Å²) in [5.41, 5.74) is 0.964. The number of rotatable bonds is 1. The molecule has 1 atom stereocenters. The minimum atomic E-state index is 0.212. The third kappa shape index (κ3) is 2.34. The first-order valence-electron chi connectivity index (χ1n) is 4.08. The summed E-state index contributed by atoms with van der Waals surface area (Å²) in [6, 6.07) is 0. The number of ketones is 1. The maximum absolute atomic E-state index is 11.0. The van der Waals surface area contributed by atoms with Crippen molar-refractivity contribution in [1.29, 1.82) is 0 Å². The molecule has 11 heavy (non-hydrogen) atoms. The molecule has 1 nitrogen and oxygen atoms in total.